The van der Waals surface area contributed by atoms with E-state index >= 15 is 0 Å². The monoisotopic (exact) mass is 225 g/mol. The van der Waals surface area contributed by atoms with Crippen molar-refractivity contribution in [3.63, 3.8) is 0 Å². The Hall–Kier alpha value is -1.13. The van der Waals surface area contributed by atoms with Crippen LogP contribution >= 0.6 is 0 Å². The van der Waals surface area contributed by atoms with Gasteiger partial charge in [-0.05, 0) is 31.2 Å². The summed E-state index contributed by atoms with van der Waals surface area (Å²) in [4.78, 5) is 2.03. The number of likely N-dealkylation sites (tertiary alicyclic amines) is 1. The van der Waals surface area contributed by atoms with Gasteiger partial charge in [0.2, 0.25) is 0 Å². The van der Waals surface area contributed by atoms with Crippen molar-refractivity contribution in [3.05, 3.63) is 29.6 Å². The number of methoxy groups -OCH3 is 1. The molecule has 1 aliphatic rings. The third kappa shape index (κ3) is 1.90. The highest BCUT2D eigenvalue weighted by Crippen LogP contribution is 2.33. The number of rotatable bonds is 2. The van der Waals surface area contributed by atoms with E-state index in [0.29, 0.717) is 18.5 Å². The molecule has 1 aromatic carbocycles. The second kappa shape index (κ2) is 4.03. The molecule has 1 atom stereocenters. The summed E-state index contributed by atoms with van der Waals surface area (Å²) in [6.45, 7) is 1.36. The molecule has 1 heterocycles. The molecule has 1 saturated heterocycles. The van der Waals surface area contributed by atoms with Crippen LogP contribution in [-0.4, -0.2) is 37.3 Å². The van der Waals surface area contributed by atoms with Crippen molar-refractivity contribution in [3.8, 4) is 5.75 Å². The van der Waals surface area contributed by atoms with E-state index in [0.717, 1.165) is 6.54 Å². The van der Waals surface area contributed by atoms with Gasteiger partial charge in [-0.1, -0.05) is 6.07 Å². The molecule has 16 heavy (non-hydrogen) atoms. The smallest absolute Gasteiger partial charge is 0.165 e. The summed E-state index contributed by atoms with van der Waals surface area (Å²) in [5.41, 5.74) is -0.308. The first kappa shape index (κ1) is 11.4. The normalized spacial score (nSPS) is 26.0. The minimum Gasteiger partial charge on any atom is -0.494 e. The molecule has 88 valence electrons. The average molecular weight is 225 g/mol. The fraction of sp³-hybridized carbons (Fsp3) is 0.500. The summed E-state index contributed by atoms with van der Waals surface area (Å²) < 4.78 is 18.4. The molecule has 0 spiro atoms. The molecule has 2 rings (SSSR count). The molecule has 1 aliphatic heterocycles. The molecule has 4 heteroatoms. The van der Waals surface area contributed by atoms with Crippen LogP contribution in [0.2, 0.25) is 0 Å². The number of halogens is 1. The van der Waals surface area contributed by atoms with Gasteiger partial charge in [-0.25, -0.2) is 4.39 Å². The summed E-state index contributed by atoms with van der Waals surface area (Å²) >= 11 is 0. The van der Waals surface area contributed by atoms with Crippen LogP contribution < -0.4 is 4.74 Å². The molecule has 0 saturated carbocycles. The van der Waals surface area contributed by atoms with E-state index in [-0.39, 0.29) is 5.75 Å². The van der Waals surface area contributed by atoms with Gasteiger partial charge in [0.15, 0.2) is 11.6 Å². The SMILES string of the molecule is COc1ccc(C2(O)CCN(C)C2)cc1F. The number of hydrogen-bond donors (Lipinski definition) is 1. The summed E-state index contributed by atoms with van der Waals surface area (Å²) in [5, 5.41) is 10.4. The van der Waals surface area contributed by atoms with Crippen molar-refractivity contribution < 1.29 is 14.2 Å². The standard InChI is InChI=1S/C12H16FNO2/c1-14-6-5-12(15,8-14)9-3-4-11(16-2)10(13)7-9/h3-4,7,15H,5-6,8H2,1-2H3. The lowest BCUT2D eigenvalue weighted by atomic mass is 9.93. The van der Waals surface area contributed by atoms with E-state index in [4.69, 9.17) is 4.74 Å². The third-order valence-electron chi connectivity index (χ3n) is 3.13. The maximum atomic E-state index is 13.5. The summed E-state index contributed by atoms with van der Waals surface area (Å²) in [6, 6.07) is 4.64. The number of nitrogens with zero attached hydrogens (tertiary/aromatic N) is 1. The third-order valence-corrected chi connectivity index (χ3v) is 3.13. The van der Waals surface area contributed by atoms with Gasteiger partial charge in [0, 0.05) is 13.1 Å². The number of benzene rings is 1. The molecule has 1 aromatic rings. The molecule has 1 N–H and O–H groups in total. The predicted molar refractivity (Wildman–Crippen MR) is 59.0 cm³/mol. The number of β-amino-alcohol motifs (C(OH)–C–C–N with tert-alkyl or cyclic N) is 1. The molecule has 0 aromatic heterocycles. The molecule has 0 aliphatic carbocycles. The first-order valence-electron chi connectivity index (χ1n) is 5.30. The molecule has 1 fully saturated rings. The number of likely N-dealkylation sites (N-methyl/N-ethyl adjacent to an activating group) is 1. The van der Waals surface area contributed by atoms with Crippen LogP contribution in [0.25, 0.3) is 0 Å². The van der Waals surface area contributed by atoms with Crippen molar-refractivity contribution in [1.82, 2.24) is 4.90 Å². The van der Waals surface area contributed by atoms with Crippen LogP contribution in [0.4, 0.5) is 4.39 Å². The Bertz CT molecular complexity index is 397. The van der Waals surface area contributed by atoms with Crippen LogP contribution in [0, 0.1) is 5.82 Å². The first-order chi connectivity index (χ1) is 7.55. The van der Waals surface area contributed by atoms with Gasteiger partial charge in [-0.3, -0.25) is 0 Å². The first-order valence-corrected chi connectivity index (χ1v) is 5.30. The summed E-state index contributed by atoms with van der Waals surface area (Å²) in [5.74, 6) is -0.221. The van der Waals surface area contributed by atoms with E-state index in [9.17, 15) is 9.50 Å². The molecule has 0 amide bonds. The Morgan fingerprint density at radius 1 is 1.50 bits per heavy atom. The molecular weight excluding hydrogens is 209 g/mol. The minimum absolute atomic E-state index is 0.207. The van der Waals surface area contributed by atoms with E-state index < -0.39 is 11.4 Å². The molecule has 1 unspecified atom stereocenters. The maximum Gasteiger partial charge on any atom is 0.165 e. The van der Waals surface area contributed by atoms with E-state index in [1.807, 2.05) is 11.9 Å². The Morgan fingerprint density at radius 3 is 2.75 bits per heavy atom. The highest BCUT2D eigenvalue weighted by atomic mass is 19.1. The van der Waals surface area contributed by atoms with Crippen molar-refractivity contribution in [2.24, 2.45) is 0 Å². The second-order valence-corrected chi connectivity index (χ2v) is 4.37. The predicted octanol–water partition coefficient (Wildman–Crippen LogP) is 1.36. The number of hydrogen-bond acceptors (Lipinski definition) is 3. The van der Waals surface area contributed by atoms with E-state index in [1.54, 1.807) is 12.1 Å². The summed E-state index contributed by atoms with van der Waals surface area (Å²) in [7, 11) is 3.37. The largest absolute Gasteiger partial charge is 0.494 e. The van der Waals surface area contributed by atoms with Crippen molar-refractivity contribution in [2.45, 2.75) is 12.0 Å². The Balaban J connectivity index is 2.31. The van der Waals surface area contributed by atoms with Crippen LogP contribution in [0.1, 0.15) is 12.0 Å². The van der Waals surface area contributed by atoms with Gasteiger partial charge in [0.05, 0.1) is 7.11 Å². The quantitative estimate of drug-likeness (QED) is 0.825. The fourth-order valence-corrected chi connectivity index (χ4v) is 2.17. The van der Waals surface area contributed by atoms with E-state index in [1.165, 1.54) is 13.2 Å². The average Bonchev–Trinajstić information content (AvgIpc) is 2.60. The lowest BCUT2D eigenvalue weighted by Crippen LogP contribution is -2.29. The number of ether oxygens (including phenoxy) is 1. The van der Waals surface area contributed by atoms with Gasteiger partial charge in [0.1, 0.15) is 5.60 Å². The van der Waals surface area contributed by atoms with Crippen LogP contribution in [0.3, 0.4) is 0 Å². The lowest BCUT2D eigenvalue weighted by molar-refractivity contribution is 0.0485. The molecule has 0 bridgehead atoms. The zero-order valence-corrected chi connectivity index (χ0v) is 9.53. The zero-order chi connectivity index (χ0) is 11.8. The Morgan fingerprint density at radius 2 is 2.25 bits per heavy atom. The fourth-order valence-electron chi connectivity index (χ4n) is 2.17. The zero-order valence-electron chi connectivity index (χ0n) is 9.53. The van der Waals surface area contributed by atoms with Crippen LogP contribution in [0.5, 0.6) is 5.75 Å². The second-order valence-electron chi connectivity index (χ2n) is 4.37. The molecular formula is C12H16FNO2. The molecule has 0 radical (unpaired) electrons. The minimum atomic E-state index is -0.929. The van der Waals surface area contributed by atoms with Gasteiger partial charge in [-0.15, -0.1) is 0 Å². The van der Waals surface area contributed by atoms with Crippen molar-refractivity contribution in [1.29, 1.82) is 0 Å². The highest BCUT2D eigenvalue weighted by Gasteiger charge is 2.36. The van der Waals surface area contributed by atoms with Crippen LogP contribution in [-0.2, 0) is 5.60 Å². The van der Waals surface area contributed by atoms with Crippen molar-refractivity contribution >= 4 is 0 Å². The number of aliphatic hydroxyl groups is 1. The van der Waals surface area contributed by atoms with Crippen LogP contribution in [0.15, 0.2) is 18.2 Å². The Kier molecular flexibility index (Phi) is 2.86. The molecule has 3 nitrogen and oxygen atoms in total. The topological polar surface area (TPSA) is 32.7 Å². The van der Waals surface area contributed by atoms with E-state index in [2.05, 4.69) is 0 Å². The Labute approximate surface area is 94.4 Å². The highest BCUT2D eigenvalue weighted by molar-refractivity contribution is 5.33. The van der Waals surface area contributed by atoms with Crippen molar-refractivity contribution in [2.75, 3.05) is 27.2 Å². The maximum absolute atomic E-state index is 13.5. The summed E-state index contributed by atoms with van der Waals surface area (Å²) in [6.07, 6.45) is 0.634. The van der Waals surface area contributed by atoms with Gasteiger partial charge >= 0.3 is 0 Å². The van der Waals surface area contributed by atoms with Gasteiger partial charge < -0.3 is 14.7 Å². The lowest BCUT2D eigenvalue weighted by Gasteiger charge is -2.23. The van der Waals surface area contributed by atoms with Gasteiger partial charge in [0.25, 0.3) is 0 Å². The van der Waals surface area contributed by atoms with Gasteiger partial charge in [-0.2, -0.15) is 0 Å².